The third-order valence-electron chi connectivity index (χ3n) is 3.65. The zero-order valence-electron chi connectivity index (χ0n) is 13.4. The molecule has 124 valence electrons. The summed E-state index contributed by atoms with van der Waals surface area (Å²) in [6.07, 6.45) is 7.51. The van der Waals surface area contributed by atoms with Crippen LogP contribution in [0.4, 0.5) is 20.3 Å². The van der Waals surface area contributed by atoms with E-state index in [1.165, 1.54) is 12.3 Å². The molecule has 0 fully saturated rings. The average Bonchev–Trinajstić information content (AvgIpc) is 2.58. The van der Waals surface area contributed by atoms with Crippen LogP contribution in [0.5, 0.6) is 0 Å². The first-order chi connectivity index (χ1) is 11.4. The van der Waals surface area contributed by atoms with Gasteiger partial charge in [-0.25, -0.2) is 13.8 Å². The predicted octanol–water partition coefficient (Wildman–Crippen LogP) is 3.64. The molecule has 6 heteroatoms. The normalized spacial score (nSPS) is 12.8. The summed E-state index contributed by atoms with van der Waals surface area (Å²) < 4.78 is 26.3. The number of rotatable bonds is 5. The molecule has 1 unspecified atom stereocenters. The van der Waals surface area contributed by atoms with Crippen LogP contribution in [0.3, 0.4) is 0 Å². The molecule has 0 saturated heterocycles. The van der Waals surface area contributed by atoms with Crippen molar-refractivity contribution in [3.8, 4) is 12.3 Å². The van der Waals surface area contributed by atoms with Gasteiger partial charge >= 0.3 is 0 Å². The highest BCUT2D eigenvalue weighted by molar-refractivity contribution is 5.99. The lowest BCUT2D eigenvalue weighted by Crippen LogP contribution is -2.44. The van der Waals surface area contributed by atoms with Gasteiger partial charge in [0.25, 0.3) is 5.91 Å². The maximum atomic E-state index is 13.3. The van der Waals surface area contributed by atoms with Gasteiger partial charge in [0.1, 0.15) is 5.82 Å². The minimum atomic E-state index is -0.993. The Morgan fingerprint density at radius 3 is 2.71 bits per heavy atom. The van der Waals surface area contributed by atoms with Gasteiger partial charge in [-0.1, -0.05) is 12.8 Å². The predicted molar refractivity (Wildman–Crippen MR) is 88.9 cm³/mol. The largest absolute Gasteiger partial charge is 0.339 e. The number of hydrogen-bond acceptors (Lipinski definition) is 3. The summed E-state index contributed by atoms with van der Waals surface area (Å²) in [4.78, 5) is 16.6. The monoisotopic (exact) mass is 329 g/mol. The van der Waals surface area contributed by atoms with Gasteiger partial charge in [-0.05, 0) is 37.6 Å². The van der Waals surface area contributed by atoms with Crippen LogP contribution in [0.2, 0.25) is 0 Å². The number of amides is 1. The van der Waals surface area contributed by atoms with E-state index >= 15 is 0 Å². The van der Waals surface area contributed by atoms with E-state index in [2.05, 4.69) is 21.5 Å². The smallest absolute Gasteiger partial charge is 0.256 e. The Bertz CT molecular complexity index is 801. The van der Waals surface area contributed by atoms with Crippen LogP contribution in [0.15, 0.2) is 36.5 Å². The molecule has 0 aliphatic rings. The van der Waals surface area contributed by atoms with Crippen molar-refractivity contribution in [3.63, 3.8) is 0 Å². The molecule has 0 bridgehead atoms. The van der Waals surface area contributed by atoms with Crippen molar-refractivity contribution in [1.29, 1.82) is 0 Å². The van der Waals surface area contributed by atoms with E-state index in [1.807, 2.05) is 6.92 Å². The fraction of sp³-hybridized carbons (Fsp3) is 0.222. The van der Waals surface area contributed by atoms with Gasteiger partial charge in [-0.15, -0.1) is 6.42 Å². The first-order valence-electron chi connectivity index (χ1n) is 7.36. The molecule has 2 aromatic rings. The van der Waals surface area contributed by atoms with Gasteiger partial charge in [-0.3, -0.25) is 4.79 Å². The lowest BCUT2D eigenvalue weighted by molar-refractivity contribution is 0.0924. The van der Waals surface area contributed by atoms with E-state index in [1.54, 1.807) is 19.1 Å². The van der Waals surface area contributed by atoms with Gasteiger partial charge in [-0.2, -0.15) is 0 Å². The molecule has 0 aliphatic carbocycles. The van der Waals surface area contributed by atoms with E-state index in [0.29, 0.717) is 6.42 Å². The quantitative estimate of drug-likeness (QED) is 0.824. The standard InChI is InChI=1S/C18H17F2N3O/c1-4-18(3,5-2)23-17(24)13-7-6-10-21-16(13)22-12-8-9-14(19)15(20)11-12/h1,6-11H,5H2,2-3H3,(H,21,22)(H,23,24). The summed E-state index contributed by atoms with van der Waals surface area (Å²) in [5.41, 5.74) is -0.263. The average molecular weight is 329 g/mol. The lowest BCUT2D eigenvalue weighted by Gasteiger charge is -2.24. The van der Waals surface area contributed by atoms with Crippen molar-refractivity contribution < 1.29 is 13.6 Å². The Morgan fingerprint density at radius 2 is 2.08 bits per heavy atom. The number of pyridine rings is 1. The minimum Gasteiger partial charge on any atom is -0.339 e. The number of anilines is 2. The highest BCUT2D eigenvalue weighted by Crippen LogP contribution is 2.21. The van der Waals surface area contributed by atoms with E-state index in [9.17, 15) is 13.6 Å². The van der Waals surface area contributed by atoms with Crippen LogP contribution in [-0.4, -0.2) is 16.4 Å². The maximum Gasteiger partial charge on any atom is 0.256 e. The Kier molecular flexibility index (Phi) is 5.14. The third kappa shape index (κ3) is 3.87. The first kappa shape index (κ1) is 17.4. The Hall–Kier alpha value is -2.94. The number of nitrogens with one attached hydrogen (secondary N) is 2. The number of carbonyl (C=O) groups is 1. The molecule has 1 aromatic heterocycles. The Morgan fingerprint density at radius 1 is 1.33 bits per heavy atom. The molecular weight excluding hydrogens is 312 g/mol. The van der Waals surface area contributed by atoms with Crippen LogP contribution in [0.1, 0.15) is 30.6 Å². The van der Waals surface area contributed by atoms with Crippen molar-refractivity contribution >= 4 is 17.4 Å². The third-order valence-corrected chi connectivity index (χ3v) is 3.65. The summed E-state index contributed by atoms with van der Waals surface area (Å²) >= 11 is 0. The molecule has 2 N–H and O–H groups in total. The molecule has 0 spiro atoms. The van der Waals surface area contributed by atoms with E-state index in [-0.39, 0.29) is 17.1 Å². The number of nitrogens with zero attached hydrogens (tertiary/aromatic N) is 1. The van der Waals surface area contributed by atoms with Crippen LogP contribution >= 0.6 is 0 Å². The number of aromatic nitrogens is 1. The van der Waals surface area contributed by atoms with Crippen molar-refractivity contribution in [2.24, 2.45) is 0 Å². The van der Waals surface area contributed by atoms with E-state index < -0.39 is 23.1 Å². The van der Waals surface area contributed by atoms with E-state index in [0.717, 1.165) is 12.1 Å². The number of terminal acetylenes is 1. The van der Waals surface area contributed by atoms with Crippen LogP contribution in [-0.2, 0) is 0 Å². The second-order valence-corrected chi connectivity index (χ2v) is 5.44. The molecule has 2 rings (SSSR count). The van der Waals surface area contributed by atoms with Gasteiger partial charge in [0.2, 0.25) is 0 Å². The molecule has 24 heavy (non-hydrogen) atoms. The minimum absolute atomic E-state index is 0.219. The van der Waals surface area contributed by atoms with Crippen LogP contribution in [0.25, 0.3) is 0 Å². The van der Waals surface area contributed by atoms with Gasteiger partial charge < -0.3 is 10.6 Å². The lowest BCUT2D eigenvalue weighted by atomic mass is 9.99. The fourth-order valence-electron chi connectivity index (χ4n) is 1.94. The summed E-state index contributed by atoms with van der Waals surface area (Å²) in [5.74, 6) is 0.415. The van der Waals surface area contributed by atoms with Crippen LogP contribution < -0.4 is 10.6 Å². The number of carbonyl (C=O) groups excluding carboxylic acids is 1. The maximum absolute atomic E-state index is 13.3. The topological polar surface area (TPSA) is 54.0 Å². The Labute approximate surface area is 139 Å². The van der Waals surface area contributed by atoms with E-state index in [4.69, 9.17) is 6.42 Å². The summed E-state index contributed by atoms with van der Waals surface area (Å²) in [6.45, 7) is 3.60. The Balaban J connectivity index is 2.28. The highest BCUT2D eigenvalue weighted by atomic mass is 19.2. The fourth-order valence-corrected chi connectivity index (χ4v) is 1.94. The molecular formula is C18H17F2N3O. The SMILES string of the molecule is C#CC(C)(CC)NC(=O)c1cccnc1Nc1ccc(F)c(F)c1. The van der Waals surface area contributed by atoms with Gasteiger partial charge in [0.15, 0.2) is 11.6 Å². The summed E-state index contributed by atoms with van der Waals surface area (Å²) in [6, 6.07) is 6.50. The number of hydrogen-bond donors (Lipinski definition) is 2. The zero-order valence-corrected chi connectivity index (χ0v) is 13.4. The first-order valence-corrected chi connectivity index (χ1v) is 7.36. The van der Waals surface area contributed by atoms with Crippen molar-refractivity contribution in [3.05, 3.63) is 53.7 Å². The van der Waals surface area contributed by atoms with Crippen molar-refractivity contribution in [2.45, 2.75) is 25.8 Å². The molecule has 4 nitrogen and oxygen atoms in total. The highest BCUT2D eigenvalue weighted by Gasteiger charge is 2.23. The molecule has 1 atom stereocenters. The molecule has 0 saturated carbocycles. The van der Waals surface area contributed by atoms with Gasteiger partial charge in [0.05, 0.1) is 11.1 Å². The zero-order chi connectivity index (χ0) is 17.7. The summed E-state index contributed by atoms with van der Waals surface area (Å²) in [7, 11) is 0. The summed E-state index contributed by atoms with van der Waals surface area (Å²) in [5, 5.41) is 5.58. The van der Waals surface area contributed by atoms with Crippen molar-refractivity contribution in [1.82, 2.24) is 10.3 Å². The van der Waals surface area contributed by atoms with Crippen molar-refractivity contribution in [2.75, 3.05) is 5.32 Å². The molecule has 1 aromatic carbocycles. The second-order valence-electron chi connectivity index (χ2n) is 5.44. The molecule has 1 heterocycles. The number of halogens is 2. The van der Waals surface area contributed by atoms with Gasteiger partial charge in [0, 0.05) is 18.0 Å². The molecule has 1 amide bonds. The molecule has 0 radical (unpaired) electrons. The molecule has 0 aliphatic heterocycles. The number of benzene rings is 1. The second kappa shape index (κ2) is 7.09. The van der Waals surface area contributed by atoms with Crippen LogP contribution in [0, 0.1) is 24.0 Å².